The fraction of sp³-hybridized carbons (Fsp3) is 0.385. The van der Waals surface area contributed by atoms with Crippen LogP contribution in [-0.2, 0) is 6.42 Å². The maximum absolute atomic E-state index is 5.94. The molecule has 0 spiro atoms. The summed E-state index contributed by atoms with van der Waals surface area (Å²) >= 11 is 0. The van der Waals surface area contributed by atoms with Crippen LogP contribution in [0.4, 0.5) is 0 Å². The molecule has 0 saturated heterocycles. The zero-order valence-electron chi connectivity index (χ0n) is 10.2. The Labute approximate surface area is 101 Å². The number of nitrogens with two attached hydrogens (primary N) is 1. The molecule has 4 nitrogen and oxygen atoms in total. The molecule has 1 atom stereocenters. The molecule has 0 aliphatic heterocycles. The van der Waals surface area contributed by atoms with Gasteiger partial charge in [-0.25, -0.2) is 9.97 Å². The summed E-state index contributed by atoms with van der Waals surface area (Å²) in [5.41, 5.74) is 7.85. The van der Waals surface area contributed by atoms with E-state index in [1.165, 1.54) is 0 Å². The standard InChI is InChI=1S/C13H17N3O/c1-3-10(14)8-11-7-9(2)15-13(16-11)12-5-4-6-17-12/h4-7,10H,3,8,14H2,1-2H3. The molecule has 0 radical (unpaired) electrons. The third-order valence-electron chi connectivity index (χ3n) is 2.64. The van der Waals surface area contributed by atoms with Crippen LogP contribution in [0.1, 0.15) is 24.7 Å². The number of aromatic nitrogens is 2. The lowest BCUT2D eigenvalue weighted by Gasteiger charge is -2.09. The van der Waals surface area contributed by atoms with Crippen LogP contribution < -0.4 is 5.73 Å². The molecule has 2 aromatic heterocycles. The molecule has 17 heavy (non-hydrogen) atoms. The lowest BCUT2D eigenvalue weighted by Crippen LogP contribution is -2.22. The van der Waals surface area contributed by atoms with Crippen LogP contribution >= 0.6 is 0 Å². The highest BCUT2D eigenvalue weighted by Crippen LogP contribution is 2.16. The maximum atomic E-state index is 5.94. The Hall–Kier alpha value is -1.68. The summed E-state index contributed by atoms with van der Waals surface area (Å²) in [6, 6.07) is 5.81. The highest BCUT2D eigenvalue weighted by molar-refractivity contribution is 5.46. The van der Waals surface area contributed by atoms with E-state index in [-0.39, 0.29) is 6.04 Å². The number of hydrogen-bond acceptors (Lipinski definition) is 4. The topological polar surface area (TPSA) is 64.9 Å². The van der Waals surface area contributed by atoms with Gasteiger partial charge in [-0.05, 0) is 31.5 Å². The Kier molecular flexibility index (Phi) is 3.54. The molecule has 2 N–H and O–H groups in total. The Morgan fingerprint density at radius 2 is 2.24 bits per heavy atom. The molecule has 1 unspecified atom stereocenters. The zero-order valence-corrected chi connectivity index (χ0v) is 10.2. The molecule has 2 heterocycles. The zero-order chi connectivity index (χ0) is 12.3. The Morgan fingerprint density at radius 1 is 1.41 bits per heavy atom. The average Bonchev–Trinajstić information content (AvgIpc) is 2.81. The van der Waals surface area contributed by atoms with Gasteiger partial charge in [0.05, 0.1) is 6.26 Å². The van der Waals surface area contributed by atoms with Gasteiger partial charge < -0.3 is 10.2 Å². The van der Waals surface area contributed by atoms with Crippen molar-refractivity contribution < 1.29 is 4.42 Å². The Morgan fingerprint density at radius 3 is 2.88 bits per heavy atom. The van der Waals surface area contributed by atoms with Crippen molar-refractivity contribution in [3.8, 4) is 11.6 Å². The number of furan rings is 1. The van der Waals surface area contributed by atoms with E-state index in [9.17, 15) is 0 Å². The van der Waals surface area contributed by atoms with Gasteiger partial charge in [0.25, 0.3) is 0 Å². The Bertz CT molecular complexity index is 479. The van der Waals surface area contributed by atoms with Crippen molar-refractivity contribution in [2.75, 3.05) is 0 Å². The first-order valence-corrected chi connectivity index (χ1v) is 5.83. The third kappa shape index (κ3) is 2.91. The van der Waals surface area contributed by atoms with E-state index in [1.54, 1.807) is 6.26 Å². The first-order valence-electron chi connectivity index (χ1n) is 5.83. The highest BCUT2D eigenvalue weighted by atomic mass is 16.3. The minimum atomic E-state index is 0.147. The largest absolute Gasteiger partial charge is 0.461 e. The molecular weight excluding hydrogens is 214 g/mol. The van der Waals surface area contributed by atoms with Gasteiger partial charge in [0.15, 0.2) is 11.6 Å². The summed E-state index contributed by atoms with van der Waals surface area (Å²) in [6.45, 7) is 4.03. The lowest BCUT2D eigenvalue weighted by molar-refractivity contribution is 0.575. The minimum Gasteiger partial charge on any atom is -0.461 e. The predicted molar refractivity (Wildman–Crippen MR) is 66.4 cm³/mol. The molecular formula is C13H17N3O. The van der Waals surface area contributed by atoms with Crippen LogP contribution in [-0.4, -0.2) is 16.0 Å². The normalized spacial score (nSPS) is 12.6. The third-order valence-corrected chi connectivity index (χ3v) is 2.64. The molecule has 4 heteroatoms. The predicted octanol–water partition coefficient (Wildman–Crippen LogP) is 2.32. The molecule has 2 aromatic rings. The van der Waals surface area contributed by atoms with Crippen molar-refractivity contribution in [2.45, 2.75) is 32.7 Å². The smallest absolute Gasteiger partial charge is 0.196 e. The SMILES string of the molecule is CCC(N)Cc1cc(C)nc(-c2ccco2)n1. The summed E-state index contributed by atoms with van der Waals surface area (Å²) in [5.74, 6) is 1.33. The van der Waals surface area contributed by atoms with Crippen LogP contribution in [0.15, 0.2) is 28.9 Å². The van der Waals surface area contributed by atoms with E-state index < -0.39 is 0 Å². The van der Waals surface area contributed by atoms with Crippen molar-refractivity contribution in [1.82, 2.24) is 9.97 Å². The number of nitrogens with zero attached hydrogens (tertiary/aromatic N) is 2. The second-order valence-electron chi connectivity index (χ2n) is 4.17. The summed E-state index contributed by atoms with van der Waals surface area (Å²) < 4.78 is 5.30. The minimum absolute atomic E-state index is 0.147. The molecule has 0 aliphatic carbocycles. The van der Waals surface area contributed by atoms with E-state index in [0.29, 0.717) is 11.6 Å². The van der Waals surface area contributed by atoms with Gasteiger partial charge in [0, 0.05) is 23.9 Å². The van der Waals surface area contributed by atoms with Crippen LogP contribution in [0, 0.1) is 6.92 Å². The number of aryl methyl sites for hydroxylation is 1. The van der Waals surface area contributed by atoms with Crippen LogP contribution in [0.5, 0.6) is 0 Å². The van der Waals surface area contributed by atoms with Crippen molar-refractivity contribution in [1.29, 1.82) is 0 Å². The quantitative estimate of drug-likeness (QED) is 0.877. The monoisotopic (exact) mass is 231 g/mol. The average molecular weight is 231 g/mol. The molecule has 0 aliphatic rings. The van der Waals surface area contributed by atoms with Gasteiger partial charge in [-0.1, -0.05) is 6.92 Å². The first-order chi connectivity index (χ1) is 8.19. The lowest BCUT2D eigenvalue weighted by atomic mass is 10.1. The van der Waals surface area contributed by atoms with E-state index in [2.05, 4.69) is 16.9 Å². The van der Waals surface area contributed by atoms with Crippen molar-refractivity contribution in [3.63, 3.8) is 0 Å². The van der Waals surface area contributed by atoms with E-state index in [4.69, 9.17) is 10.2 Å². The number of hydrogen-bond donors (Lipinski definition) is 1. The molecule has 0 aromatic carbocycles. The van der Waals surface area contributed by atoms with Gasteiger partial charge in [0.1, 0.15) is 0 Å². The molecule has 90 valence electrons. The van der Waals surface area contributed by atoms with Crippen LogP contribution in [0.2, 0.25) is 0 Å². The van der Waals surface area contributed by atoms with Gasteiger partial charge in [-0.2, -0.15) is 0 Å². The highest BCUT2D eigenvalue weighted by Gasteiger charge is 2.09. The van der Waals surface area contributed by atoms with Gasteiger partial charge in [0.2, 0.25) is 0 Å². The van der Waals surface area contributed by atoms with E-state index in [1.807, 2.05) is 25.1 Å². The van der Waals surface area contributed by atoms with E-state index >= 15 is 0 Å². The summed E-state index contributed by atoms with van der Waals surface area (Å²) in [6.07, 6.45) is 3.34. The molecule has 0 bridgehead atoms. The molecule has 0 fully saturated rings. The van der Waals surface area contributed by atoms with Gasteiger partial charge in [-0.15, -0.1) is 0 Å². The fourth-order valence-corrected chi connectivity index (χ4v) is 1.67. The molecule has 0 amide bonds. The van der Waals surface area contributed by atoms with Crippen molar-refractivity contribution in [3.05, 3.63) is 35.9 Å². The van der Waals surface area contributed by atoms with Gasteiger partial charge >= 0.3 is 0 Å². The van der Waals surface area contributed by atoms with Gasteiger partial charge in [-0.3, -0.25) is 0 Å². The summed E-state index contributed by atoms with van der Waals surface area (Å²) in [4.78, 5) is 8.84. The fourth-order valence-electron chi connectivity index (χ4n) is 1.67. The second-order valence-corrected chi connectivity index (χ2v) is 4.17. The summed E-state index contributed by atoms with van der Waals surface area (Å²) in [7, 11) is 0. The molecule has 2 rings (SSSR count). The van der Waals surface area contributed by atoms with Crippen molar-refractivity contribution >= 4 is 0 Å². The van der Waals surface area contributed by atoms with Crippen molar-refractivity contribution in [2.24, 2.45) is 5.73 Å². The molecule has 0 saturated carbocycles. The number of rotatable bonds is 4. The van der Waals surface area contributed by atoms with Crippen LogP contribution in [0.25, 0.3) is 11.6 Å². The Balaban J connectivity index is 2.30. The second kappa shape index (κ2) is 5.10. The van der Waals surface area contributed by atoms with Crippen LogP contribution in [0.3, 0.4) is 0 Å². The maximum Gasteiger partial charge on any atom is 0.196 e. The first kappa shape index (κ1) is 11.8. The van der Waals surface area contributed by atoms with E-state index in [0.717, 1.165) is 24.2 Å². The summed E-state index contributed by atoms with van der Waals surface area (Å²) in [5, 5.41) is 0.